The summed E-state index contributed by atoms with van der Waals surface area (Å²) in [6.07, 6.45) is 0. The summed E-state index contributed by atoms with van der Waals surface area (Å²) in [5.74, 6) is 0.843. The van der Waals surface area contributed by atoms with Gasteiger partial charge in [0.25, 0.3) is 0 Å². The highest BCUT2D eigenvalue weighted by Crippen LogP contribution is 2.18. The lowest BCUT2D eigenvalue weighted by atomic mass is 10.1. The molecule has 0 saturated carbocycles. The molecule has 3 aromatic carbocycles. The zero-order valence-electron chi connectivity index (χ0n) is 16.0. The zero-order chi connectivity index (χ0) is 19.9. The third-order valence-corrected chi connectivity index (χ3v) is 4.98. The van der Waals surface area contributed by atoms with Crippen LogP contribution in [0.2, 0.25) is 5.02 Å². The number of benzene rings is 3. The number of methoxy groups -OCH3 is 1. The van der Waals surface area contributed by atoms with E-state index in [1.165, 1.54) is 11.1 Å². The molecule has 0 fully saturated rings. The van der Waals surface area contributed by atoms with E-state index in [9.17, 15) is 0 Å². The number of nitrogens with zero attached hydrogens (tertiary/aromatic N) is 1. The topological polar surface area (TPSA) is 24.5 Å². The summed E-state index contributed by atoms with van der Waals surface area (Å²) in [5.41, 5.74) is 4.53. The number of hydrogen-bond donors (Lipinski definition) is 1. The number of aryl methyl sites for hydroxylation is 1. The van der Waals surface area contributed by atoms with Gasteiger partial charge in [-0.05, 0) is 66.7 Å². The number of nitrogens with one attached hydrogen (secondary N) is 1. The van der Waals surface area contributed by atoms with Crippen molar-refractivity contribution in [2.75, 3.05) is 12.4 Å². The molecular weight excluding hydrogens is 388 g/mol. The second-order valence-corrected chi connectivity index (χ2v) is 7.45. The molecule has 3 nitrogen and oxygen atoms in total. The quantitative estimate of drug-likeness (QED) is 0.499. The molecule has 28 heavy (non-hydrogen) atoms. The summed E-state index contributed by atoms with van der Waals surface area (Å²) < 4.78 is 5.26. The Morgan fingerprint density at radius 1 is 0.964 bits per heavy atom. The molecule has 0 heterocycles. The number of thiocarbonyl (C=S) groups is 1. The molecule has 0 atom stereocenters. The van der Waals surface area contributed by atoms with Gasteiger partial charge in [0.05, 0.1) is 7.11 Å². The Balaban J connectivity index is 1.79. The fourth-order valence-corrected chi connectivity index (χ4v) is 3.29. The van der Waals surface area contributed by atoms with Gasteiger partial charge in [-0.3, -0.25) is 0 Å². The third kappa shape index (κ3) is 5.72. The van der Waals surface area contributed by atoms with Crippen molar-refractivity contribution in [3.05, 3.63) is 94.5 Å². The number of hydrogen-bond acceptors (Lipinski definition) is 2. The molecule has 0 aliphatic carbocycles. The first-order valence-electron chi connectivity index (χ1n) is 9.03. The van der Waals surface area contributed by atoms with Crippen molar-refractivity contribution in [2.24, 2.45) is 0 Å². The lowest BCUT2D eigenvalue weighted by Gasteiger charge is -2.26. The minimum Gasteiger partial charge on any atom is -0.497 e. The minimum absolute atomic E-state index is 0.666. The summed E-state index contributed by atoms with van der Waals surface area (Å²) in [6.45, 7) is 3.51. The van der Waals surface area contributed by atoms with Crippen LogP contribution in [0.3, 0.4) is 0 Å². The molecule has 144 valence electrons. The summed E-state index contributed by atoms with van der Waals surface area (Å²) in [7, 11) is 1.67. The molecule has 0 aliphatic heterocycles. The lowest BCUT2D eigenvalue weighted by Crippen LogP contribution is -2.33. The maximum Gasteiger partial charge on any atom is 0.174 e. The van der Waals surface area contributed by atoms with Crippen molar-refractivity contribution in [1.82, 2.24) is 4.90 Å². The molecule has 0 unspecified atom stereocenters. The molecule has 0 radical (unpaired) electrons. The molecule has 0 amide bonds. The monoisotopic (exact) mass is 410 g/mol. The van der Waals surface area contributed by atoms with E-state index in [0.29, 0.717) is 23.2 Å². The normalized spacial score (nSPS) is 10.4. The molecule has 0 aromatic heterocycles. The molecule has 0 spiro atoms. The minimum atomic E-state index is 0.666. The summed E-state index contributed by atoms with van der Waals surface area (Å²) >= 11 is 11.7. The van der Waals surface area contributed by atoms with Gasteiger partial charge in [0.15, 0.2) is 5.11 Å². The van der Waals surface area contributed by atoms with Crippen molar-refractivity contribution < 1.29 is 4.74 Å². The van der Waals surface area contributed by atoms with Crippen molar-refractivity contribution in [3.8, 4) is 5.75 Å². The fraction of sp³-hybridized carbons (Fsp3) is 0.174. The van der Waals surface area contributed by atoms with Crippen LogP contribution in [0.25, 0.3) is 0 Å². The van der Waals surface area contributed by atoms with Crippen LogP contribution < -0.4 is 10.1 Å². The Bertz CT molecular complexity index is 926. The molecule has 0 aliphatic rings. The molecule has 3 rings (SSSR count). The van der Waals surface area contributed by atoms with Crippen LogP contribution in [-0.4, -0.2) is 17.1 Å². The van der Waals surface area contributed by atoms with Gasteiger partial charge in [-0.25, -0.2) is 0 Å². The number of ether oxygens (including phenoxy) is 1. The van der Waals surface area contributed by atoms with E-state index in [-0.39, 0.29) is 0 Å². The Labute approximate surface area is 176 Å². The third-order valence-electron chi connectivity index (χ3n) is 4.37. The molecule has 3 aromatic rings. The largest absolute Gasteiger partial charge is 0.497 e. The average molecular weight is 411 g/mol. The van der Waals surface area contributed by atoms with Crippen molar-refractivity contribution >= 4 is 34.6 Å². The summed E-state index contributed by atoms with van der Waals surface area (Å²) in [5, 5.41) is 4.69. The van der Waals surface area contributed by atoms with E-state index < -0.39 is 0 Å². The van der Waals surface area contributed by atoms with E-state index in [0.717, 1.165) is 17.0 Å². The standard InChI is InChI=1S/C23H23ClN2OS/c1-17-4-3-5-19(14-17)16-26(15-18-6-12-22(27-2)13-7-18)23(28)25-21-10-8-20(24)9-11-21/h3-14H,15-16H2,1-2H3,(H,25,28). The molecule has 1 N–H and O–H groups in total. The highest BCUT2D eigenvalue weighted by Gasteiger charge is 2.12. The van der Waals surface area contributed by atoms with Gasteiger partial charge in [-0.1, -0.05) is 53.6 Å². The van der Waals surface area contributed by atoms with Gasteiger partial charge in [-0.2, -0.15) is 0 Å². The lowest BCUT2D eigenvalue weighted by molar-refractivity contribution is 0.407. The SMILES string of the molecule is COc1ccc(CN(Cc2cccc(C)c2)C(=S)Nc2ccc(Cl)cc2)cc1. The van der Waals surface area contributed by atoms with Crippen LogP contribution in [0.5, 0.6) is 5.75 Å². The maximum absolute atomic E-state index is 5.98. The second-order valence-electron chi connectivity index (χ2n) is 6.63. The fourth-order valence-electron chi connectivity index (χ4n) is 2.92. The highest BCUT2D eigenvalue weighted by atomic mass is 35.5. The van der Waals surface area contributed by atoms with E-state index >= 15 is 0 Å². The number of halogens is 1. The van der Waals surface area contributed by atoms with Gasteiger partial charge >= 0.3 is 0 Å². The number of rotatable bonds is 6. The smallest absolute Gasteiger partial charge is 0.174 e. The van der Waals surface area contributed by atoms with Crippen molar-refractivity contribution in [2.45, 2.75) is 20.0 Å². The number of anilines is 1. The summed E-state index contributed by atoms with van der Waals surface area (Å²) in [4.78, 5) is 2.15. The average Bonchev–Trinajstić information content (AvgIpc) is 2.70. The Morgan fingerprint density at radius 2 is 1.64 bits per heavy atom. The first kappa shape index (κ1) is 20.2. The van der Waals surface area contributed by atoms with Gasteiger partial charge < -0.3 is 15.0 Å². The van der Waals surface area contributed by atoms with E-state index in [2.05, 4.69) is 53.5 Å². The Kier molecular flexibility index (Phi) is 6.90. The van der Waals surface area contributed by atoms with Crippen LogP contribution in [0.4, 0.5) is 5.69 Å². The van der Waals surface area contributed by atoms with Crippen molar-refractivity contribution in [1.29, 1.82) is 0 Å². The predicted molar refractivity (Wildman–Crippen MR) is 121 cm³/mol. The predicted octanol–water partition coefficient (Wildman–Crippen LogP) is 6.06. The van der Waals surface area contributed by atoms with Crippen LogP contribution in [0.15, 0.2) is 72.8 Å². The Hall–Kier alpha value is -2.56. The first-order valence-corrected chi connectivity index (χ1v) is 9.82. The summed E-state index contributed by atoms with van der Waals surface area (Å²) in [6, 6.07) is 24.1. The van der Waals surface area contributed by atoms with Gasteiger partial charge in [0.2, 0.25) is 0 Å². The zero-order valence-corrected chi connectivity index (χ0v) is 17.6. The van der Waals surface area contributed by atoms with Gasteiger partial charge in [0, 0.05) is 23.8 Å². The molecule has 5 heteroatoms. The second kappa shape index (κ2) is 9.58. The van der Waals surface area contributed by atoms with Gasteiger partial charge in [-0.15, -0.1) is 0 Å². The molecule has 0 bridgehead atoms. The van der Waals surface area contributed by atoms with Crippen LogP contribution in [0.1, 0.15) is 16.7 Å². The van der Waals surface area contributed by atoms with Gasteiger partial charge in [0.1, 0.15) is 5.75 Å². The first-order chi connectivity index (χ1) is 13.5. The maximum atomic E-state index is 5.98. The molecule has 0 saturated heterocycles. The highest BCUT2D eigenvalue weighted by molar-refractivity contribution is 7.80. The Morgan fingerprint density at radius 3 is 2.29 bits per heavy atom. The van der Waals surface area contributed by atoms with Crippen LogP contribution in [0, 0.1) is 6.92 Å². The van der Waals surface area contributed by atoms with E-state index in [1.807, 2.05) is 36.4 Å². The van der Waals surface area contributed by atoms with Crippen LogP contribution >= 0.6 is 23.8 Å². The van der Waals surface area contributed by atoms with Crippen LogP contribution in [-0.2, 0) is 13.1 Å². The van der Waals surface area contributed by atoms with E-state index in [1.54, 1.807) is 7.11 Å². The molecular formula is C23H23ClN2OS. The van der Waals surface area contributed by atoms with Crippen molar-refractivity contribution in [3.63, 3.8) is 0 Å². The van der Waals surface area contributed by atoms with E-state index in [4.69, 9.17) is 28.6 Å².